The molecule has 3 heteroatoms. The summed E-state index contributed by atoms with van der Waals surface area (Å²) < 4.78 is 5.94. The molecule has 1 aliphatic rings. The van der Waals surface area contributed by atoms with Crippen molar-refractivity contribution in [1.82, 2.24) is 5.32 Å². The van der Waals surface area contributed by atoms with Gasteiger partial charge in [0.15, 0.2) is 0 Å². The van der Waals surface area contributed by atoms with Crippen molar-refractivity contribution in [3.8, 4) is 0 Å². The van der Waals surface area contributed by atoms with Crippen LogP contribution in [0.5, 0.6) is 0 Å². The highest BCUT2D eigenvalue weighted by atomic mass is 16.5. The van der Waals surface area contributed by atoms with E-state index in [1.54, 1.807) is 0 Å². The molecule has 3 nitrogen and oxygen atoms in total. The third-order valence-corrected chi connectivity index (χ3v) is 3.76. The summed E-state index contributed by atoms with van der Waals surface area (Å²) in [6.07, 6.45) is 8.35. The molecule has 102 valence electrons. The highest BCUT2D eigenvalue weighted by Gasteiger charge is 2.35. The first-order chi connectivity index (χ1) is 8.26. The fraction of sp³-hybridized carbons (Fsp3) is 1.00. The van der Waals surface area contributed by atoms with E-state index < -0.39 is 0 Å². The largest absolute Gasteiger partial charge is 0.394 e. The quantitative estimate of drug-likeness (QED) is 0.644. The van der Waals surface area contributed by atoms with Crippen LogP contribution in [0.3, 0.4) is 0 Å². The fourth-order valence-electron chi connectivity index (χ4n) is 2.79. The Morgan fingerprint density at radius 3 is 2.82 bits per heavy atom. The first-order valence-corrected chi connectivity index (χ1v) is 7.24. The molecule has 0 saturated heterocycles. The summed E-state index contributed by atoms with van der Waals surface area (Å²) in [5.41, 5.74) is -0.0809. The van der Waals surface area contributed by atoms with Gasteiger partial charge < -0.3 is 15.2 Å². The lowest BCUT2D eigenvalue weighted by molar-refractivity contribution is -0.0164. The minimum absolute atomic E-state index is 0.0809. The van der Waals surface area contributed by atoms with Crippen LogP contribution < -0.4 is 5.32 Å². The molecule has 2 unspecified atom stereocenters. The Morgan fingerprint density at radius 1 is 1.35 bits per heavy atom. The Balaban J connectivity index is 2.31. The number of likely N-dealkylation sites (N-methyl/N-ethyl adjacent to an activating group) is 1. The van der Waals surface area contributed by atoms with Crippen molar-refractivity contribution in [3.05, 3.63) is 0 Å². The summed E-state index contributed by atoms with van der Waals surface area (Å²) in [5, 5.41) is 13.0. The van der Waals surface area contributed by atoms with Crippen LogP contribution in [0.15, 0.2) is 0 Å². The van der Waals surface area contributed by atoms with Gasteiger partial charge >= 0.3 is 0 Å². The van der Waals surface area contributed by atoms with Gasteiger partial charge in [0.2, 0.25) is 0 Å². The zero-order valence-corrected chi connectivity index (χ0v) is 11.5. The van der Waals surface area contributed by atoms with Gasteiger partial charge in [-0.3, -0.25) is 0 Å². The number of hydrogen-bond donors (Lipinski definition) is 2. The third-order valence-electron chi connectivity index (χ3n) is 3.76. The second-order valence-corrected chi connectivity index (χ2v) is 5.27. The minimum Gasteiger partial charge on any atom is -0.394 e. The smallest absolute Gasteiger partial charge is 0.0614 e. The van der Waals surface area contributed by atoms with Crippen LogP contribution in [0, 0.1) is 0 Å². The monoisotopic (exact) mass is 243 g/mol. The Hall–Kier alpha value is -0.120. The van der Waals surface area contributed by atoms with Crippen molar-refractivity contribution in [3.63, 3.8) is 0 Å². The summed E-state index contributed by atoms with van der Waals surface area (Å²) in [5.74, 6) is 0. The predicted octanol–water partition coefficient (Wildman–Crippen LogP) is 2.48. The van der Waals surface area contributed by atoms with Gasteiger partial charge in [-0.1, -0.05) is 26.7 Å². The van der Waals surface area contributed by atoms with E-state index in [0.29, 0.717) is 6.10 Å². The van der Waals surface area contributed by atoms with Gasteiger partial charge in [0.25, 0.3) is 0 Å². The van der Waals surface area contributed by atoms with Gasteiger partial charge in [-0.25, -0.2) is 0 Å². The second-order valence-electron chi connectivity index (χ2n) is 5.27. The molecule has 0 aliphatic heterocycles. The van der Waals surface area contributed by atoms with Crippen LogP contribution >= 0.6 is 0 Å². The van der Waals surface area contributed by atoms with Crippen LogP contribution in [0.2, 0.25) is 0 Å². The average Bonchev–Trinajstić information content (AvgIpc) is 2.35. The minimum atomic E-state index is -0.0809. The van der Waals surface area contributed by atoms with Crippen LogP contribution in [-0.4, -0.2) is 36.5 Å². The SMILES string of the molecule is CCCCCOC1CCCC(CO)(NCC)C1. The van der Waals surface area contributed by atoms with E-state index in [1.165, 1.54) is 19.3 Å². The van der Waals surface area contributed by atoms with Gasteiger partial charge in [-0.15, -0.1) is 0 Å². The van der Waals surface area contributed by atoms with E-state index in [1.807, 2.05) is 0 Å². The second kappa shape index (κ2) is 8.06. The lowest BCUT2D eigenvalue weighted by atomic mass is 9.80. The van der Waals surface area contributed by atoms with E-state index in [-0.39, 0.29) is 12.1 Å². The number of unbranched alkanes of at least 4 members (excludes halogenated alkanes) is 2. The summed E-state index contributed by atoms with van der Waals surface area (Å²) in [7, 11) is 0. The van der Waals surface area contributed by atoms with E-state index in [4.69, 9.17) is 4.74 Å². The number of aliphatic hydroxyl groups excluding tert-OH is 1. The molecule has 0 heterocycles. The molecule has 1 saturated carbocycles. The molecular formula is C14H29NO2. The molecule has 1 rings (SSSR count). The van der Waals surface area contributed by atoms with Crippen LogP contribution in [0.25, 0.3) is 0 Å². The lowest BCUT2D eigenvalue weighted by Crippen LogP contribution is -2.53. The summed E-state index contributed by atoms with van der Waals surface area (Å²) in [6.45, 7) is 6.34. The zero-order valence-electron chi connectivity index (χ0n) is 11.5. The summed E-state index contributed by atoms with van der Waals surface area (Å²) in [4.78, 5) is 0. The van der Waals surface area contributed by atoms with E-state index in [9.17, 15) is 5.11 Å². The molecule has 2 N–H and O–H groups in total. The fourth-order valence-corrected chi connectivity index (χ4v) is 2.79. The van der Waals surface area contributed by atoms with Gasteiger partial charge in [-0.2, -0.15) is 0 Å². The van der Waals surface area contributed by atoms with Crippen molar-refractivity contribution >= 4 is 0 Å². The topological polar surface area (TPSA) is 41.5 Å². The van der Waals surface area contributed by atoms with Gasteiger partial charge in [0.05, 0.1) is 12.7 Å². The number of rotatable bonds is 8. The molecule has 0 bridgehead atoms. The third kappa shape index (κ3) is 4.94. The van der Waals surface area contributed by atoms with E-state index >= 15 is 0 Å². The lowest BCUT2D eigenvalue weighted by Gasteiger charge is -2.40. The number of ether oxygens (including phenoxy) is 1. The Kier molecular flexibility index (Phi) is 7.09. The summed E-state index contributed by atoms with van der Waals surface area (Å²) >= 11 is 0. The maximum Gasteiger partial charge on any atom is 0.0614 e. The Morgan fingerprint density at radius 2 is 2.18 bits per heavy atom. The molecule has 0 amide bonds. The van der Waals surface area contributed by atoms with Gasteiger partial charge in [-0.05, 0) is 38.6 Å². The molecule has 0 aromatic carbocycles. The first kappa shape index (κ1) is 14.9. The standard InChI is InChI=1S/C14H29NO2/c1-3-5-6-10-17-13-8-7-9-14(11-13,12-16)15-4-2/h13,15-16H,3-12H2,1-2H3. The number of nitrogens with one attached hydrogen (secondary N) is 1. The Labute approximate surface area is 106 Å². The maximum atomic E-state index is 9.58. The van der Waals surface area contributed by atoms with Crippen molar-refractivity contribution < 1.29 is 9.84 Å². The van der Waals surface area contributed by atoms with Gasteiger partial charge in [0.1, 0.15) is 0 Å². The highest BCUT2D eigenvalue weighted by molar-refractivity contribution is 4.93. The molecule has 2 atom stereocenters. The Bertz CT molecular complexity index is 195. The van der Waals surface area contributed by atoms with Crippen LogP contribution in [0.1, 0.15) is 58.8 Å². The number of hydrogen-bond acceptors (Lipinski definition) is 3. The molecule has 0 radical (unpaired) electrons. The molecule has 0 aromatic rings. The molecule has 0 spiro atoms. The van der Waals surface area contributed by atoms with E-state index in [0.717, 1.165) is 38.8 Å². The van der Waals surface area contributed by atoms with Crippen molar-refractivity contribution in [2.24, 2.45) is 0 Å². The average molecular weight is 243 g/mol. The zero-order chi connectivity index (χ0) is 12.6. The molecular weight excluding hydrogens is 214 g/mol. The normalized spacial score (nSPS) is 29.5. The van der Waals surface area contributed by atoms with E-state index in [2.05, 4.69) is 19.2 Å². The van der Waals surface area contributed by atoms with Crippen LogP contribution in [-0.2, 0) is 4.74 Å². The molecule has 1 aliphatic carbocycles. The highest BCUT2D eigenvalue weighted by Crippen LogP contribution is 2.30. The van der Waals surface area contributed by atoms with Gasteiger partial charge in [0, 0.05) is 12.1 Å². The summed E-state index contributed by atoms with van der Waals surface area (Å²) in [6, 6.07) is 0. The maximum absolute atomic E-state index is 9.58. The number of aliphatic hydroxyl groups is 1. The molecule has 1 fully saturated rings. The van der Waals surface area contributed by atoms with Crippen molar-refractivity contribution in [2.45, 2.75) is 70.4 Å². The predicted molar refractivity (Wildman–Crippen MR) is 71.2 cm³/mol. The van der Waals surface area contributed by atoms with Crippen LogP contribution in [0.4, 0.5) is 0 Å². The van der Waals surface area contributed by atoms with Crippen molar-refractivity contribution in [1.29, 1.82) is 0 Å². The van der Waals surface area contributed by atoms with Crippen molar-refractivity contribution in [2.75, 3.05) is 19.8 Å². The molecule has 17 heavy (non-hydrogen) atoms. The first-order valence-electron chi connectivity index (χ1n) is 7.24. The molecule has 0 aromatic heterocycles.